The first-order chi connectivity index (χ1) is 15.2. The third-order valence-corrected chi connectivity index (χ3v) is 6.46. The number of nitrogens with zero attached hydrogens (tertiary/aromatic N) is 1. The van der Waals surface area contributed by atoms with E-state index in [0.29, 0.717) is 6.61 Å². The van der Waals surface area contributed by atoms with Gasteiger partial charge < -0.3 is 19.2 Å². The molecule has 0 bridgehead atoms. The molecule has 3 aliphatic rings. The van der Waals surface area contributed by atoms with E-state index in [1.807, 2.05) is 18.3 Å². The van der Waals surface area contributed by atoms with E-state index in [9.17, 15) is 4.39 Å². The molecular weight excluding hydrogens is 395 g/mol. The second kappa shape index (κ2) is 7.61. The van der Waals surface area contributed by atoms with Gasteiger partial charge in [0.25, 0.3) is 0 Å². The van der Waals surface area contributed by atoms with Crippen molar-refractivity contribution in [2.75, 3.05) is 32.8 Å². The van der Waals surface area contributed by atoms with Crippen LogP contribution in [0.5, 0.6) is 17.2 Å². The van der Waals surface area contributed by atoms with E-state index in [4.69, 9.17) is 14.2 Å². The van der Waals surface area contributed by atoms with Gasteiger partial charge in [0.1, 0.15) is 24.3 Å². The zero-order valence-corrected chi connectivity index (χ0v) is 17.3. The van der Waals surface area contributed by atoms with Crippen molar-refractivity contribution in [1.82, 2.24) is 9.88 Å². The molecule has 3 aliphatic heterocycles. The van der Waals surface area contributed by atoms with E-state index >= 15 is 0 Å². The molecule has 5 nitrogen and oxygen atoms in total. The number of rotatable bonds is 3. The summed E-state index contributed by atoms with van der Waals surface area (Å²) in [7, 11) is 0. The normalized spacial score (nSPS) is 20.8. The van der Waals surface area contributed by atoms with Crippen LogP contribution in [0.2, 0.25) is 0 Å². The first-order valence-electron chi connectivity index (χ1n) is 11.0. The van der Waals surface area contributed by atoms with Crippen LogP contribution in [0.1, 0.15) is 24.0 Å². The van der Waals surface area contributed by atoms with Crippen LogP contribution in [0.15, 0.2) is 42.6 Å². The number of benzene rings is 2. The lowest BCUT2D eigenvalue weighted by Crippen LogP contribution is -2.42. The number of aromatic nitrogens is 1. The van der Waals surface area contributed by atoms with Crippen molar-refractivity contribution in [3.63, 3.8) is 0 Å². The van der Waals surface area contributed by atoms with Crippen LogP contribution in [-0.2, 0) is 6.42 Å². The molecule has 3 aromatic rings. The van der Waals surface area contributed by atoms with Gasteiger partial charge in [-0.2, -0.15) is 0 Å². The Morgan fingerprint density at radius 1 is 1.10 bits per heavy atom. The summed E-state index contributed by atoms with van der Waals surface area (Å²) in [6.45, 7) is 3.93. The molecule has 6 heteroatoms. The van der Waals surface area contributed by atoms with E-state index in [1.54, 1.807) is 12.1 Å². The maximum atomic E-state index is 13.7. The van der Waals surface area contributed by atoms with E-state index in [-0.39, 0.29) is 11.9 Å². The van der Waals surface area contributed by atoms with E-state index in [2.05, 4.69) is 16.0 Å². The highest BCUT2D eigenvalue weighted by atomic mass is 19.1. The van der Waals surface area contributed by atoms with E-state index in [0.717, 1.165) is 84.8 Å². The molecule has 0 aliphatic carbocycles. The lowest BCUT2D eigenvalue weighted by molar-refractivity contribution is 0.0595. The van der Waals surface area contributed by atoms with E-state index in [1.165, 1.54) is 11.6 Å². The average molecular weight is 420 g/mol. The zero-order chi connectivity index (χ0) is 20.8. The Morgan fingerprint density at radius 2 is 2.03 bits per heavy atom. The highest BCUT2D eigenvalue weighted by Crippen LogP contribution is 2.42. The Kier molecular flexibility index (Phi) is 4.60. The number of fused-ring (bicyclic) bond motifs is 4. The topological polar surface area (TPSA) is 46.7 Å². The molecule has 0 fully saturated rings. The highest BCUT2D eigenvalue weighted by molar-refractivity contribution is 5.92. The minimum Gasteiger partial charge on any atom is -0.493 e. The Labute approximate surface area is 180 Å². The molecule has 4 heterocycles. The van der Waals surface area contributed by atoms with Crippen LogP contribution in [-0.4, -0.2) is 48.8 Å². The Morgan fingerprint density at radius 3 is 2.94 bits per heavy atom. The summed E-state index contributed by atoms with van der Waals surface area (Å²) in [6, 6.07) is 8.85. The van der Waals surface area contributed by atoms with Gasteiger partial charge >= 0.3 is 0 Å². The maximum absolute atomic E-state index is 13.7. The molecule has 6 rings (SSSR count). The summed E-state index contributed by atoms with van der Waals surface area (Å²) in [6.07, 6.45) is 7.15. The second-order valence-corrected chi connectivity index (χ2v) is 8.50. The van der Waals surface area contributed by atoms with Crippen LogP contribution < -0.4 is 14.2 Å². The molecule has 160 valence electrons. The fourth-order valence-electron chi connectivity index (χ4n) is 4.88. The van der Waals surface area contributed by atoms with Crippen molar-refractivity contribution >= 4 is 16.5 Å². The SMILES string of the molecule is Fc1ccc2[nH]cc(C3=CCN(CC4COc5ccc6c(c5O4)CCCO6)CC3)c2c1. The molecule has 1 atom stereocenters. The Hall–Kier alpha value is -2.99. The lowest BCUT2D eigenvalue weighted by Gasteiger charge is -2.34. The van der Waals surface area contributed by atoms with Gasteiger partial charge in [0, 0.05) is 47.9 Å². The van der Waals surface area contributed by atoms with Gasteiger partial charge in [-0.25, -0.2) is 4.39 Å². The maximum Gasteiger partial charge on any atom is 0.168 e. The summed E-state index contributed by atoms with van der Waals surface area (Å²) in [5.74, 6) is 2.42. The smallest absolute Gasteiger partial charge is 0.168 e. The minimum atomic E-state index is -0.200. The fourth-order valence-corrected chi connectivity index (χ4v) is 4.88. The number of hydrogen-bond donors (Lipinski definition) is 1. The number of halogens is 1. The summed E-state index contributed by atoms with van der Waals surface area (Å²) in [5, 5.41) is 0.951. The molecule has 0 saturated carbocycles. The number of ether oxygens (including phenoxy) is 3. The van der Waals surface area contributed by atoms with Crippen molar-refractivity contribution in [1.29, 1.82) is 0 Å². The minimum absolute atomic E-state index is 0.00180. The Bertz CT molecular complexity index is 1170. The molecule has 0 saturated heterocycles. The monoisotopic (exact) mass is 420 g/mol. The van der Waals surface area contributed by atoms with Gasteiger partial charge in [0.05, 0.1) is 6.61 Å². The van der Waals surface area contributed by atoms with Crippen LogP contribution in [0.25, 0.3) is 16.5 Å². The molecule has 31 heavy (non-hydrogen) atoms. The number of H-pyrrole nitrogens is 1. The first-order valence-corrected chi connectivity index (χ1v) is 11.0. The van der Waals surface area contributed by atoms with Crippen LogP contribution in [0.3, 0.4) is 0 Å². The molecule has 2 aromatic carbocycles. The van der Waals surface area contributed by atoms with Gasteiger partial charge in [0.2, 0.25) is 0 Å². The van der Waals surface area contributed by atoms with Gasteiger partial charge in [-0.3, -0.25) is 4.90 Å². The van der Waals surface area contributed by atoms with Gasteiger partial charge in [-0.15, -0.1) is 0 Å². The zero-order valence-electron chi connectivity index (χ0n) is 17.3. The van der Waals surface area contributed by atoms with Crippen molar-refractivity contribution in [3.8, 4) is 17.2 Å². The van der Waals surface area contributed by atoms with E-state index < -0.39 is 0 Å². The largest absolute Gasteiger partial charge is 0.493 e. The molecule has 0 amide bonds. The second-order valence-electron chi connectivity index (χ2n) is 8.50. The highest BCUT2D eigenvalue weighted by Gasteiger charge is 2.29. The van der Waals surface area contributed by atoms with Crippen LogP contribution in [0.4, 0.5) is 4.39 Å². The summed E-state index contributed by atoms with van der Waals surface area (Å²) in [4.78, 5) is 5.65. The molecule has 0 radical (unpaired) electrons. The van der Waals surface area contributed by atoms with Crippen molar-refractivity contribution in [2.45, 2.75) is 25.4 Å². The number of hydrogen-bond acceptors (Lipinski definition) is 4. The molecular formula is C25H25FN2O3. The van der Waals surface area contributed by atoms with Crippen LogP contribution >= 0.6 is 0 Å². The predicted molar refractivity (Wildman–Crippen MR) is 117 cm³/mol. The van der Waals surface area contributed by atoms with Crippen molar-refractivity contribution < 1.29 is 18.6 Å². The summed E-state index contributed by atoms with van der Waals surface area (Å²) >= 11 is 0. The van der Waals surface area contributed by atoms with Gasteiger partial charge in [0.15, 0.2) is 11.5 Å². The van der Waals surface area contributed by atoms with Crippen molar-refractivity contribution in [3.05, 3.63) is 59.5 Å². The van der Waals surface area contributed by atoms with Gasteiger partial charge in [-0.05, 0) is 55.2 Å². The quantitative estimate of drug-likeness (QED) is 0.675. The lowest BCUT2D eigenvalue weighted by atomic mass is 9.98. The molecule has 1 N–H and O–H groups in total. The summed E-state index contributed by atoms with van der Waals surface area (Å²) < 4.78 is 31.9. The Balaban J connectivity index is 1.15. The summed E-state index contributed by atoms with van der Waals surface area (Å²) in [5.41, 5.74) is 4.48. The predicted octanol–water partition coefficient (Wildman–Crippen LogP) is 4.56. The fraction of sp³-hybridized carbons (Fsp3) is 0.360. The van der Waals surface area contributed by atoms with Gasteiger partial charge in [-0.1, -0.05) is 6.08 Å². The first kappa shape index (κ1) is 18.8. The average Bonchev–Trinajstić information content (AvgIpc) is 3.22. The molecule has 1 unspecified atom stereocenters. The third kappa shape index (κ3) is 3.45. The van der Waals surface area contributed by atoms with Crippen molar-refractivity contribution in [2.24, 2.45) is 0 Å². The third-order valence-electron chi connectivity index (χ3n) is 6.46. The number of nitrogens with one attached hydrogen (secondary N) is 1. The van der Waals surface area contributed by atoms with Crippen LogP contribution in [0, 0.1) is 5.82 Å². The standard InChI is InChI=1S/C25H25FN2O3/c26-17-3-4-22-20(12-17)21(13-27-22)16-7-9-28(10-8-16)14-18-15-30-24-6-5-23-19(25(24)31-18)2-1-11-29-23/h3-7,12-13,18,27H,1-2,8-11,14-15H2. The number of aromatic amines is 1. The molecule has 1 aromatic heterocycles. The molecule has 0 spiro atoms.